The highest BCUT2D eigenvalue weighted by Crippen LogP contribution is 2.36. The Balaban J connectivity index is 1.14. The number of hydrogen-bond donors (Lipinski definition) is 0. The van der Waals surface area contributed by atoms with E-state index in [0.717, 1.165) is 44.7 Å². The van der Waals surface area contributed by atoms with Crippen molar-refractivity contribution in [3.05, 3.63) is 236 Å². The summed E-state index contributed by atoms with van der Waals surface area (Å²) in [4.78, 5) is 10.5. The molecule has 0 N–H and O–H groups in total. The van der Waals surface area contributed by atoms with Gasteiger partial charge < -0.3 is 0 Å². The number of fused-ring (bicyclic) bond motifs is 3. The minimum atomic E-state index is 0.602. The van der Waals surface area contributed by atoms with E-state index in [-0.39, 0.29) is 0 Å². The summed E-state index contributed by atoms with van der Waals surface area (Å²) >= 11 is 0. The first-order valence-corrected chi connectivity index (χ1v) is 19.3. The molecular weight excluding hydrogens is 689 g/mol. The lowest BCUT2D eigenvalue weighted by Gasteiger charge is -2.13. The second kappa shape index (κ2) is 15.7. The Bertz CT molecular complexity index is 2970. The molecule has 57 heavy (non-hydrogen) atoms. The lowest BCUT2D eigenvalue weighted by molar-refractivity contribution is 1.44. The summed E-state index contributed by atoms with van der Waals surface area (Å²) in [6, 6.07) is 74.8. The van der Waals surface area contributed by atoms with E-state index in [1.807, 2.05) is 12.1 Å². The van der Waals surface area contributed by atoms with Gasteiger partial charge in [0.2, 0.25) is 0 Å². The Morgan fingerprint density at radius 3 is 1.51 bits per heavy atom. The fourth-order valence-electron chi connectivity index (χ4n) is 7.63. The molecule has 2 heteroatoms. The Labute approximate surface area is 334 Å². The van der Waals surface area contributed by atoms with E-state index >= 15 is 0 Å². The van der Waals surface area contributed by atoms with Gasteiger partial charge in [0, 0.05) is 16.8 Å². The van der Waals surface area contributed by atoms with Crippen molar-refractivity contribution >= 4 is 38.8 Å². The highest BCUT2D eigenvalue weighted by atomic mass is 14.9. The van der Waals surface area contributed by atoms with Crippen LogP contribution < -0.4 is 0 Å². The first kappa shape index (κ1) is 35.3. The van der Waals surface area contributed by atoms with Crippen molar-refractivity contribution in [2.24, 2.45) is 9.98 Å². The number of benzene rings is 9. The van der Waals surface area contributed by atoms with Crippen molar-refractivity contribution in [2.45, 2.75) is 6.92 Å². The van der Waals surface area contributed by atoms with Crippen molar-refractivity contribution in [3.63, 3.8) is 0 Å². The van der Waals surface area contributed by atoms with Crippen LogP contribution in [-0.4, -0.2) is 11.5 Å². The van der Waals surface area contributed by atoms with Crippen LogP contribution >= 0.6 is 0 Å². The molecule has 0 saturated carbocycles. The van der Waals surface area contributed by atoms with Gasteiger partial charge in [0.15, 0.2) is 5.84 Å². The van der Waals surface area contributed by atoms with Gasteiger partial charge in [-0.2, -0.15) is 0 Å². The minimum Gasteiger partial charge on any atom is -0.233 e. The van der Waals surface area contributed by atoms with Gasteiger partial charge in [0.05, 0.1) is 5.70 Å². The predicted molar refractivity (Wildman–Crippen MR) is 244 cm³/mol. The molecule has 0 bridgehead atoms. The summed E-state index contributed by atoms with van der Waals surface area (Å²) in [5, 5.41) is 4.93. The molecule has 9 rings (SSSR count). The molecule has 0 saturated heterocycles. The molecule has 0 fully saturated rings. The zero-order valence-corrected chi connectivity index (χ0v) is 31.8. The van der Waals surface area contributed by atoms with E-state index < -0.39 is 0 Å². The molecule has 0 aliphatic rings. The normalized spacial score (nSPS) is 11.9. The third kappa shape index (κ3) is 7.50. The van der Waals surface area contributed by atoms with Gasteiger partial charge in [-0.05, 0) is 109 Å². The molecule has 9 aromatic rings. The topological polar surface area (TPSA) is 24.7 Å². The number of aliphatic imine (C=N–C) groups is 2. The first-order valence-electron chi connectivity index (χ1n) is 19.3. The monoisotopic (exact) mass is 728 g/mol. The molecule has 0 unspecified atom stereocenters. The quantitative estimate of drug-likeness (QED) is 0.0845. The molecule has 0 radical (unpaired) electrons. The van der Waals surface area contributed by atoms with Crippen molar-refractivity contribution in [2.75, 3.05) is 0 Å². The first-order chi connectivity index (χ1) is 28.1. The third-order valence-corrected chi connectivity index (χ3v) is 10.6. The van der Waals surface area contributed by atoms with Crippen molar-refractivity contribution in [1.29, 1.82) is 0 Å². The molecule has 0 aliphatic carbocycles. The van der Waals surface area contributed by atoms with E-state index in [4.69, 9.17) is 9.98 Å². The fraction of sp³-hybridized carbons (Fsp3) is 0.0182. The number of amidine groups is 1. The third-order valence-electron chi connectivity index (χ3n) is 10.6. The van der Waals surface area contributed by atoms with E-state index in [9.17, 15) is 0 Å². The number of hydrogen-bond acceptors (Lipinski definition) is 1. The van der Waals surface area contributed by atoms with E-state index in [1.165, 1.54) is 43.8 Å². The molecule has 0 atom stereocenters. The van der Waals surface area contributed by atoms with Crippen LogP contribution in [0.4, 0.5) is 0 Å². The average molecular weight is 729 g/mol. The zero-order valence-electron chi connectivity index (χ0n) is 31.8. The number of rotatable bonds is 8. The molecule has 270 valence electrons. The second-order valence-corrected chi connectivity index (χ2v) is 14.3. The predicted octanol–water partition coefficient (Wildman–Crippen LogP) is 14.6. The van der Waals surface area contributed by atoms with Crippen LogP contribution in [-0.2, 0) is 0 Å². The Morgan fingerprint density at radius 2 is 0.807 bits per heavy atom. The summed E-state index contributed by atoms with van der Waals surface area (Å²) in [6.07, 6.45) is 0. The molecule has 0 amide bonds. The van der Waals surface area contributed by atoms with E-state index in [2.05, 4.69) is 214 Å². The van der Waals surface area contributed by atoms with Crippen LogP contribution in [0.3, 0.4) is 0 Å². The highest BCUT2D eigenvalue weighted by molar-refractivity contribution is 6.15. The zero-order chi connectivity index (χ0) is 38.6. The smallest absolute Gasteiger partial charge is 0.160 e. The van der Waals surface area contributed by atoms with Crippen LogP contribution in [0.2, 0.25) is 0 Å². The van der Waals surface area contributed by atoms with Crippen molar-refractivity contribution in [1.82, 2.24) is 0 Å². The van der Waals surface area contributed by atoms with Crippen LogP contribution in [0.5, 0.6) is 0 Å². The lowest BCUT2D eigenvalue weighted by Crippen LogP contribution is -2.05. The maximum absolute atomic E-state index is 5.28. The summed E-state index contributed by atoms with van der Waals surface area (Å²) < 4.78 is 0. The largest absolute Gasteiger partial charge is 0.233 e. The van der Waals surface area contributed by atoms with Gasteiger partial charge in [-0.15, -0.1) is 0 Å². The molecule has 0 heterocycles. The van der Waals surface area contributed by atoms with Crippen LogP contribution in [0.1, 0.15) is 23.6 Å². The average Bonchev–Trinajstić information content (AvgIpc) is 3.29. The number of nitrogens with zero attached hydrogens (tertiary/aromatic N) is 2. The van der Waals surface area contributed by atoms with Gasteiger partial charge in [-0.25, -0.2) is 9.98 Å². The summed E-state index contributed by atoms with van der Waals surface area (Å²) in [5.74, 6) is 0.602. The van der Waals surface area contributed by atoms with Gasteiger partial charge >= 0.3 is 0 Å². The second-order valence-electron chi connectivity index (χ2n) is 14.3. The molecule has 0 aromatic heterocycles. The maximum Gasteiger partial charge on any atom is 0.160 e. The molecule has 9 aromatic carbocycles. The SMILES string of the molecule is C=C(/N=C(\N=C(/C)c1cccc(-c2ccccc2)c1)c1cccc(-c2cccc(-c3ccccc3)c2)c1)c1cccc(-c2cc3ccccc3c3ccccc23)c1. The summed E-state index contributed by atoms with van der Waals surface area (Å²) in [6.45, 7) is 6.60. The van der Waals surface area contributed by atoms with Crippen LogP contribution in [0.25, 0.3) is 71.7 Å². The van der Waals surface area contributed by atoms with Gasteiger partial charge in [-0.3, -0.25) is 0 Å². The van der Waals surface area contributed by atoms with E-state index in [0.29, 0.717) is 11.5 Å². The van der Waals surface area contributed by atoms with Gasteiger partial charge in [0.25, 0.3) is 0 Å². The molecule has 0 aliphatic heterocycles. The Hall–Kier alpha value is -7.42. The van der Waals surface area contributed by atoms with Gasteiger partial charge in [0.1, 0.15) is 0 Å². The van der Waals surface area contributed by atoms with E-state index in [1.54, 1.807) is 0 Å². The summed E-state index contributed by atoms with van der Waals surface area (Å²) in [5.41, 5.74) is 13.6. The maximum atomic E-state index is 5.28. The van der Waals surface area contributed by atoms with Crippen LogP contribution in [0.15, 0.2) is 229 Å². The minimum absolute atomic E-state index is 0.602. The lowest BCUT2D eigenvalue weighted by atomic mass is 9.92. The van der Waals surface area contributed by atoms with Crippen molar-refractivity contribution < 1.29 is 0 Å². The highest BCUT2D eigenvalue weighted by Gasteiger charge is 2.13. The van der Waals surface area contributed by atoms with Crippen molar-refractivity contribution in [3.8, 4) is 44.5 Å². The Kier molecular flexibility index (Phi) is 9.75. The fourth-order valence-corrected chi connectivity index (χ4v) is 7.63. The van der Waals surface area contributed by atoms with Gasteiger partial charge in [-0.1, -0.05) is 189 Å². The molecular formula is C55H40N2. The Morgan fingerprint density at radius 1 is 0.351 bits per heavy atom. The summed E-state index contributed by atoms with van der Waals surface area (Å²) in [7, 11) is 0. The standard InChI is InChI=1S/C55H40N2/c1-38(42-22-13-24-44(33-42)40-17-5-3-6-18-40)56-55(50-29-16-27-47(36-50)46-26-15-25-45(35-46)41-19-7-4-8-20-41)57-39(2)43-23-14-28-48(34-43)54-37-49-21-9-10-30-51(49)52-31-11-12-32-53(52)54/h3-37H,2H2,1H3/b56-38+,57-55-. The molecule has 0 spiro atoms. The van der Waals surface area contributed by atoms with Crippen LogP contribution in [0, 0.1) is 0 Å². The molecule has 2 nitrogen and oxygen atoms in total.